The highest BCUT2D eigenvalue weighted by molar-refractivity contribution is 4.72. The van der Waals surface area contributed by atoms with Crippen molar-refractivity contribution in [3.63, 3.8) is 0 Å². The molecule has 0 aliphatic heterocycles. The number of nitrogens with zero attached hydrogens (tertiary/aromatic N) is 1. The van der Waals surface area contributed by atoms with Gasteiger partial charge in [-0.2, -0.15) is 5.26 Å². The number of ether oxygens (including phenoxy) is 1. The summed E-state index contributed by atoms with van der Waals surface area (Å²) in [5.41, 5.74) is 0. The SMILES string of the molecule is CC(C)CCOCCNCC#N. The fraction of sp³-hybridized carbons (Fsp3) is 0.889. The van der Waals surface area contributed by atoms with Crippen LogP contribution in [0.15, 0.2) is 0 Å². The quantitative estimate of drug-likeness (QED) is 0.460. The molecule has 0 spiro atoms. The van der Waals surface area contributed by atoms with Crippen LogP contribution >= 0.6 is 0 Å². The molecule has 0 saturated heterocycles. The van der Waals surface area contributed by atoms with Crippen molar-refractivity contribution in [3.05, 3.63) is 0 Å². The maximum atomic E-state index is 8.19. The fourth-order valence-corrected chi connectivity index (χ4v) is 0.710. The van der Waals surface area contributed by atoms with Gasteiger partial charge in [0.1, 0.15) is 0 Å². The summed E-state index contributed by atoms with van der Waals surface area (Å²) in [4.78, 5) is 0. The molecule has 0 fully saturated rings. The lowest BCUT2D eigenvalue weighted by Crippen LogP contribution is -2.20. The Morgan fingerprint density at radius 1 is 1.42 bits per heavy atom. The van der Waals surface area contributed by atoms with Crippen LogP contribution in [0.2, 0.25) is 0 Å². The summed E-state index contributed by atoms with van der Waals surface area (Å²) in [7, 11) is 0. The second-order valence-corrected chi connectivity index (χ2v) is 3.13. The molecule has 0 amide bonds. The predicted molar refractivity (Wildman–Crippen MR) is 48.8 cm³/mol. The highest BCUT2D eigenvalue weighted by Gasteiger charge is 1.93. The topological polar surface area (TPSA) is 45.0 Å². The van der Waals surface area contributed by atoms with Gasteiger partial charge in [0.05, 0.1) is 19.2 Å². The van der Waals surface area contributed by atoms with Crippen molar-refractivity contribution in [1.29, 1.82) is 5.26 Å². The number of nitrogens with one attached hydrogen (secondary N) is 1. The molecule has 0 heterocycles. The Hall–Kier alpha value is -0.590. The Labute approximate surface area is 74.7 Å². The van der Waals surface area contributed by atoms with Gasteiger partial charge in [-0.3, -0.25) is 0 Å². The monoisotopic (exact) mass is 170 g/mol. The normalized spacial score (nSPS) is 10.2. The van der Waals surface area contributed by atoms with E-state index < -0.39 is 0 Å². The van der Waals surface area contributed by atoms with E-state index in [9.17, 15) is 0 Å². The first-order chi connectivity index (χ1) is 5.77. The summed E-state index contributed by atoms with van der Waals surface area (Å²) in [6.45, 7) is 7.06. The lowest BCUT2D eigenvalue weighted by molar-refractivity contribution is 0.126. The molecule has 0 saturated carbocycles. The predicted octanol–water partition coefficient (Wildman–Crippen LogP) is 1.16. The van der Waals surface area contributed by atoms with E-state index in [-0.39, 0.29) is 0 Å². The van der Waals surface area contributed by atoms with Gasteiger partial charge in [0.15, 0.2) is 0 Å². The smallest absolute Gasteiger partial charge is 0.0841 e. The van der Waals surface area contributed by atoms with Gasteiger partial charge in [0.2, 0.25) is 0 Å². The number of hydrogen-bond acceptors (Lipinski definition) is 3. The summed E-state index contributed by atoms with van der Waals surface area (Å²) in [5.74, 6) is 0.706. The summed E-state index contributed by atoms with van der Waals surface area (Å²) in [5, 5.41) is 11.1. The average molecular weight is 170 g/mol. The number of hydrogen-bond donors (Lipinski definition) is 1. The van der Waals surface area contributed by atoms with Crippen LogP contribution in [-0.2, 0) is 4.74 Å². The molecule has 0 atom stereocenters. The molecule has 70 valence electrons. The van der Waals surface area contributed by atoms with Gasteiger partial charge in [-0.25, -0.2) is 0 Å². The zero-order chi connectivity index (χ0) is 9.23. The molecule has 0 rings (SSSR count). The lowest BCUT2D eigenvalue weighted by Gasteiger charge is -2.05. The Balaban J connectivity index is 2.87. The van der Waals surface area contributed by atoms with Crippen LogP contribution < -0.4 is 5.32 Å². The van der Waals surface area contributed by atoms with Gasteiger partial charge in [-0.05, 0) is 12.3 Å². The van der Waals surface area contributed by atoms with E-state index in [2.05, 4.69) is 19.2 Å². The van der Waals surface area contributed by atoms with E-state index in [0.29, 0.717) is 19.1 Å². The van der Waals surface area contributed by atoms with Gasteiger partial charge in [-0.15, -0.1) is 0 Å². The Morgan fingerprint density at radius 2 is 2.17 bits per heavy atom. The summed E-state index contributed by atoms with van der Waals surface area (Å²) < 4.78 is 5.32. The zero-order valence-corrected chi connectivity index (χ0v) is 7.97. The van der Waals surface area contributed by atoms with Gasteiger partial charge >= 0.3 is 0 Å². The van der Waals surface area contributed by atoms with E-state index >= 15 is 0 Å². The Morgan fingerprint density at radius 3 is 2.75 bits per heavy atom. The second kappa shape index (κ2) is 8.51. The first kappa shape index (κ1) is 11.4. The number of rotatable bonds is 7. The van der Waals surface area contributed by atoms with Crippen LogP contribution in [0.3, 0.4) is 0 Å². The third-order valence-electron chi connectivity index (χ3n) is 1.47. The lowest BCUT2D eigenvalue weighted by atomic mass is 10.1. The van der Waals surface area contributed by atoms with E-state index in [1.54, 1.807) is 0 Å². The van der Waals surface area contributed by atoms with Crippen LogP contribution in [0, 0.1) is 17.2 Å². The molecule has 0 radical (unpaired) electrons. The Kier molecular flexibility index (Phi) is 8.09. The van der Waals surface area contributed by atoms with Crippen LogP contribution in [0.1, 0.15) is 20.3 Å². The van der Waals surface area contributed by atoms with E-state index in [1.807, 2.05) is 6.07 Å². The van der Waals surface area contributed by atoms with E-state index in [0.717, 1.165) is 19.6 Å². The van der Waals surface area contributed by atoms with Gasteiger partial charge in [0.25, 0.3) is 0 Å². The molecule has 0 unspecified atom stereocenters. The van der Waals surface area contributed by atoms with Gasteiger partial charge in [0, 0.05) is 13.2 Å². The average Bonchev–Trinajstić information content (AvgIpc) is 2.02. The summed E-state index contributed by atoms with van der Waals surface area (Å²) in [6, 6.07) is 2.01. The molecule has 3 heteroatoms. The molecular formula is C9H18N2O. The first-order valence-corrected chi connectivity index (χ1v) is 4.42. The van der Waals surface area contributed by atoms with Crippen molar-refractivity contribution in [2.45, 2.75) is 20.3 Å². The molecule has 0 aliphatic rings. The molecule has 12 heavy (non-hydrogen) atoms. The molecule has 1 N–H and O–H groups in total. The highest BCUT2D eigenvalue weighted by Crippen LogP contribution is 1.97. The third-order valence-corrected chi connectivity index (χ3v) is 1.47. The molecule has 0 aromatic rings. The minimum atomic E-state index is 0.410. The minimum Gasteiger partial charge on any atom is -0.380 e. The molecule has 0 aliphatic carbocycles. The van der Waals surface area contributed by atoms with E-state index in [4.69, 9.17) is 10.00 Å². The van der Waals surface area contributed by atoms with Gasteiger partial charge < -0.3 is 10.1 Å². The zero-order valence-electron chi connectivity index (χ0n) is 7.97. The summed E-state index contributed by atoms with van der Waals surface area (Å²) >= 11 is 0. The standard InChI is InChI=1S/C9H18N2O/c1-9(2)3-7-12-8-6-11-5-4-10/h9,11H,3,5-8H2,1-2H3. The maximum Gasteiger partial charge on any atom is 0.0841 e. The fourth-order valence-electron chi connectivity index (χ4n) is 0.710. The second-order valence-electron chi connectivity index (χ2n) is 3.13. The van der Waals surface area contributed by atoms with Crippen molar-refractivity contribution in [2.75, 3.05) is 26.3 Å². The largest absolute Gasteiger partial charge is 0.380 e. The van der Waals surface area contributed by atoms with Crippen LogP contribution in [-0.4, -0.2) is 26.3 Å². The third kappa shape index (κ3) is 9.41. The highest BCUT2D eigenvalue weighted by atomic mass is 16.5. The van der Waals surface area contributed by atoms with Crippen LogP contribution in [0.5, 0.6) is 0 Å². The summed E-state index contributed by atoms with van der Waals surface area (Å²) in [6.07, 6.45) is 1.11. The Bertz CT molecular complexity index is 129. The van der Waals surface area contributed by atoms with Gasteiger partial charge in [-0.1, -0.05) is 13.8 Å². The van der Waals surface area contributed by atoms with Crippen LogP contribution in [0.25, 0.3) is 0 Å². The maximum absolute atomic E-state index is 8.19. The molecule has 0 aromatic carbocycles. The first-order valence-electron chi connectivity index (χ1n) is 4.42. The minimum absolute atomic E-state index is 0.410. The number of nitriles is 1. The van der Waals surface area contributed by atoms with Crippen molar-refractivity contribution in [1.82, 2.24) is 5.32 Å². The van der Waals surface area contributed by atoms with Crippen molar-refractivity contribution in [2.24, 2.45) is 5.92 Å². The molecule has 0 aromatic heterocycles. The van der Waals surface area contributed by atoms with Crippen LogP contribution in [0.4, 0.5) is 0 Å². The molecular weight excluding hydrogens is 152 g/mol. The van der Waals surface area contributed by atoms with Crippen molar-refractivity contribution >= 4 is 0 Å². The van der Waals surface area contributed by atoms with Crippen molar-refractivity contribution in [3.8, 4) is 6.07 Å². The van der Waals surface area contributed by atoms with E-state index in [1.165, 1.54) is 0 Å². The van der Waals surface area contributed by atoms with Crippen molar-refractivity contribution < 1.29 is 4.74 Å². The molecule has 0 bridgehead atoms. The molecule has 3 nitrogen and oxygen atoms in total.